The van der Waals surface area contributed by atoms with Crippen molar-refractivity contribution in [1.82, 2.24) is 0 Å². The van der Waals surface area contributed by atoms with Crippen molar-refractivity contribution in [2.24, 2.45) is 0 Å². The molecule has 0 aliphatic carbocycles. The second kappa shape index (κ2) is 9.44. The topological polar surface area (TPSA) is 9.23 Å². The highest BCUT2D eigenvalue weighted by Gasteiger charge is 2.23. The molecule has 9 rings (SSSR count). The normalized spacial score (nSPS) is 12.6. The van der Waals surface area contributed by atoms with Crippen LogP contribution in [0.5, 0.6) is 11.5 Å². The van der Waals surface area contributed by atoms with Gasteiger partial charge in [-0.3, -0.25) is 0 Å². The number of fused-ring (bicyclic) bond motifs is 4. The van der Waals surface area contributed by atoms with Crippen LogP contribution in [-0.2, 0) is 0 Å². The minimum absolute atomic E-state index is 0.463. The summed E-state index contributed by atoms with van der Waals surface area (Å²) in [5, 5.41) is 6.37. The largest absolute Gasteiger partial charge is 0.456 e. The van der Waals surface area contributed by atoms with E-state index in [1.54, 1.807) is 0 Å². The van der Waals surface area contributed by atoms with Gasteiger partial charge < -0.3 is 4.74 Å². The molecular weight excluding hydrogens is 520 g/mol. The summed E-state index contributed by atoms with van der Waals surface area (Å²) in [6.45, 7) is 0. The Hall–Kier alpha value is -5.66. The molecule has 1 heteroatoms. The number of hydrogen-bond acceptors (Lipinski definition) is 1. The van der Waals surface area contributed by atoms with Gasteiger partial charge >= 0.3 is 0 Å². The molecule has 0 radical (unpaired) electrons. The zero-order valence-corrected chi connectivity index (χ0v) is 23.3. The van der Waals surface area contributed by atoms with Crippen LogP contribution in [0.15, 0.2) is 158 Å². The van der Waals surface area contributed by atoms with Gasteiger partial charge in [-0.2, -0.15) is 0 Å². The van der Waals surface area contributed by atoms with Crippen molar-refractivity contribution in [3.63, 3.8) is 0 Å². The van der Waals surface area contributed by atoms with Crippen LogP contribution >= 0.6 is 0 Å². The van der Waals surface area contributed by atoms with Gasteiger partial charge in [0.15, 0.2) is 0 Å². The van der Waals surface area contributed by atoms with E-state index in [2.05, 4.69) is 97.1 Å². The van der Waals surface area contributed by atoms with Crippen molar-refractivity contribution in [2.45, 2.75) is 0 Å². The molecule has 0 amide bonds. The maximum absolute atomic E-state index is 8.68. The lowest BCUT2D eigenvalue weighted by Gasteiger charge is -2.24. The molecule has 43 heavy (non-hydrogen) atoms. The highest BCUT2D eigenvalue weighted by Crippen LogP contribution is 2.51. The highest BCUT2D eigenvalue weighted by atomic mass is 16.5. The Kier molecular flexibility index (Phi) is 4.83. The van der Waals surface area contributed by atoms with E-state index >= 15 is 0 Å². The average Bonchev–Trinajstić information content (AvgIpc) is 3.08. The summed E-state index contributed by atoms with van der Waals surface area (Å²) in [4.78, 5) is 0. The summed E-state index contributed by atoms with van der Waals surface area (Å²) in [6.07, 6.45) is 0. The predicted molar refractivity (Wildman–Crippen MR) is 181 cm³/mol. The molecule has 0 bridgehead atoms. The average molecular weight is 549 g/mol. The van der Waals surface area contributed by atoms with Crippen LogP contribution < -0.4 is 4.74 Å². The maximum atomic E-state index is 8.68. The summed E-state index contributed by atoms with van der Waals surface area (Å²) in [5.74, 6) is 1.71. The molecule has 1 heterocycles. The van der Waals surface area contributed by atoms with Crippen molar-refractivity contribution in [1.29, 1.82) is 0 Å². The van der Waals surface area contributed by atoms with Gasteiger partial charge in [0.25, 0.3) is 0 Å². The highest BCUT2D eigenvalue weighted by molar-refractivity contribution is 6.24. The number of benzene rings is 8. The minimum Gasteiger partial charge on any atom is -0.456 e. The third-order valence-corrected chi connectivity index (χ3v) is 8.76. The van der Waals surface area contributed by atoms with Crippen molar-refractivity contribution in [3.05, 3.63) is 158 Å². The molecule has 0 aromatic heterocycles. The van der Waals surface area contributed by atoms with Gasteiger partial charge in [-0.25, -0.2) is 0 Å². The van der Waals surface area contributed by atoms with Gasteiger partial charge in [-0.05, 0) is 78.0 Å². The monoisotopic (exact) mass is 548 g/mol. The summed E-state index contributed by atoms with van der Waals surface area (Å²) >= 11 is 0. The summed E-state index contributed by atoms with van der Waals surface area (Å²) in [6, 6.07) is 50.8. The number of para-hydroxylation sites is 1. The first-order valence-electron chi connectivity index (χ1n) is 15.6. The van der Waals surface area contributed by atoms with Gasteiger partial charge in [0.2, 0.25) is 0 Å². The summed E-state index contributed by atoms with van der Waals surface area (Å²) < 4.78 is 23.7. The van der Waals surface area contributed by atoms with E-state index in [0.717, 1.165) is 82.8 Å². The van der Waals surface area contributed by atoms with Crippen molar-refractivity contribution >= 4 is 32.3 Å². The van der Waals surface area contributed by atoms with Crippen LogP contribution in [0.1, 0.15) is 2.74 Å². The van der Waals surface area contributed by atoms with E-state index in [4.69, 9.17) is 7.48 Å². The van der Waals surface area contributed by atoms with Crippen molar-refractivity contribution in [3.8, 4) is 56.0 Å². The summed E-state index contributed by atoms with van der Waals surface area (Å²) in [5.41, 5.74) is 8.90. The van der Waals surface area contributed by atoms with Crippen LogP contribution in [0.25, 0.3) is 76.8 Å². The molecule has 0 N–H and O–H groups in total. The number of hydrogen-bond donors (Lipinski definition) is 0. The van der Waals surface area contributed by atoms with Gasteiger partial charge in [0, 0.05) is 10.9 Å². The van der Waals surface area contributed by atoms with Gasteiger partial charge in [-0.1, -0.05) is 146 Å². The molecule has 1 aliphatic heterocycles. The second-order valence-corrected chi connectivity index (χ2v) is 11.1. The van der Waals surface area contributed by atoms with Crippen LogP contribution in [0.4, 0.5) is 0 Å². The Balaban J connectivity index is 1.36. The standard InChI is InChI=1S/C42H26O/c1-2-11-27(12-3-1)28-21-23-29(24-22-28)40-31-14-4-6-16-33(31)41(34-17-7-5-15-32(34)40)37-26-25-36-30-13-8-9-19-38(30)43-39-20-10-18-35(37)42(36)39/h1-26H/i4D,7D. The fourth-order valence-corrected chi connectivity index (χ4v) is 6.86. The van der Waals surface area contributed by atoms with Gasteiger partial charge in [0.05, 0.1) is 2.74 Å². The lowest BCUT2D eigenvalue weighted by molar-refractivity contribution is 0.487. The Morgan fingerprint density at radius 3 is 1.74 bits per heavy atom. The fourth-order valence-electron chi connectivity index (χ4n) is 6.86. The molecule has 0 saturated heterocycles. The van der Waals surface area contributed by atoms with E-state index in [1.165, 1.54) is 5.56 Å². The zero-order valence-electron chi connectivity index (χ0n) is 25.3. The number of ether oxygens (including phenoxy) is 1. The lowest BCUT2D eigenvalue weighted by atomic mass is 9.83. The second-order valence-electron chi connectivity index (χ2n) is 11.1. The smallest absolute Gasteiger partial charge is 0.135 e. The first-order chi connectivity index (χ1) is 22.1. The van der Waals surface area contributed by atoms with Crippen LogP contribution in [0.2, 0.25) is 0 Å². The fraction of sp³-hybridized carbons (Fsp3) is 0. The van der Waals surface area contributed by atoms with Crippen LogP contribution in [0.3, 0.4) is 0 Å². The van der Waals surface area contributed by atoms with Crippen LogP contribution in [-0.4, -0.2) is 0 Å². The first kappa shape index (κ1) is 22.0. The molecule has 8 aromatic carbocycles. The maximum Gasteiger partial charge on any atom is 0.135 e. The van der Waals surface area contributed by atoms with E-state index in [9.17, 15) is 0 Å². The van der Waals surface area contributed by atoms with E-state index in [1.807, 2.05) is 48.5 Å². The molecule has 1 nitrogen and oxygen atoms in total. The first-order valence-corrected chi connectivity index (χ1v) is 14.6. The molecule has 0 saturated carbocycles. The molecule has 200 valence electrons. The van der Waals surface area contributed by atoms with Crippen molar-refractivity contribution in [2.75, 3.05) is 0 Å². The predicted octanol–water partition coefficient (Wildman–Crippen LogP) is 11.9. The van der Waals surface area contributed by atoms with E-state index in [-0.39, 0.29) is 0 Å². The van der Waals surface area contributed by atoms with Gasteiger partial charge in [-0.15, -0.1) is 0 Å². The molecule has 0 unspecified atom stereocenters. The van der Waals surface area contributed by atoms with E-state index < -0.39 is 0 Å². The third kappa shape index (κ3) is 3.65. The quantitative estimate of drug-likeness (QED) is 0.200. The molecular formula is C42H26O. The molecule has 0 spiro atoms. The van der Waals surface area contributed by atoms with Gasteiger partial charge in [0.1, 0.15) is 11.5 Å². The third-order valence-electron chi connectivity index (χ3n) is 8.76. The minimum atomic E-state index is 0.463. The number of rotatable bonds is 3. The molecule has 0 fully saturated rings. The SMILES string of the molecule is [2H]c1ccc2c(-c3ccc4c5c(cccc35)Oc3ccccc3-4)c3cc([2H])ccc3c(-c3ccc(-c4ccccc4)cc3)c2c1. The zero-order chi connectivity index (χ0) is 30.1. The lowest BCUT2D eigenvalue weighted by Crippen LogP contribution is -1.98. The Morgan fingerprint density at radius 2 is 0.930 bits per heavy atom. The van der Waals surface area contributed by atoms with Crippen LogP contribution in [0, 0.1) is 0 Å². The Bertz CT molecular complexity index is 2460. The Morgan fingerprint density at radius 1 is 0.349 bits per heavy atom. The molecule has 1 aliphatic rings. The summed E-state index contributed by atoms with van der Waals surface area (Å²) in [7, 11) is 0. The van der Waals surface area contributed by atoms with Crippen molar-refractivity contribution < 1.29 is 7.48 Å². The Labute approximate surface area is 253 Å². The van der Waals surface area contributed by atoms with E-state index in [0.29, 0.717) is 12.1 Å². The molecule has 8 aromatic rings. The molecule has 0 atom stereocenters.